The van der Waals surface area contributed by atoms with Crippen molar-refractivity contribution in [1.82, 2.24) is 9.97 Å². The van der Waals surface area contributed by atoms with Crippen molar-refractivity contribution in [2.24, 2.45) is 0 Å². The van der Waals surface area contributed by atoms with Gasteiger partial charge in [0.1, 0.15) is 6.33 Å². The molecule has 1 aromatic carbocycles. The van der Waals surface area contributed by atoms with E-state index in [9.17, 15) is 0 Å². The molecule has 2 aromatic rings. The summed E-state index contributed by atoms with van der Waals surface area (Å²) in [6.45, 7) is 1.91. The Balaban J connectivity index is 2.24. The summed E-state index contributed by atoms with van der Waals surface area (Å²) >= 11 is 0. The molecule has 1 heterocycles. The fourth-order valence-corrected chi connectivity index (χ4v) is 1.40. The molecule has 0 saturated heterocycles. The summed E-state index contributed by atoms with van der Waals surface area (Å²) in [6, 6.07) is 7.71. The van der Waals surface area contributed by atoms with Crippen molar-refractivity contribution < 1.29 is 0 Å². The number of hydrogen-bond acceptors (Lipinski definition) is 4. The molecule has 0 atom stereocenters. The molecule has 4 heteroatoms. The predicted molar refractivity (Wildman–Crippen MR) is 61.2 cm³/mol. The zero-order valence-electron chi connectivity index (χ0n) is 8.81. The van der Waals surface area contributed by atoms with Gasteiger partial charge < -0.3 is 5.32 Å². The van der Waals surface area contributed by atoms with Gasteiger partial charge in [0.25, 0.3) is 0 Å². The molecule has 0 aliphatic rings. The summed E-state index contributed by atoms with van der Waals surface area (Å²) in [5, 5.41) is 12.0. The normalized spacial score (nSPS) is 9.50. The number of aryl methyl sites for hydroxylation is 1. The van der Waals surface area contributed by atoms with E-state index in [1.54, 1.807) is 18.5 Å². The second-order valence-corrected chi connectivity index (χ2v) is 3.39. The van der Waals surface area contributed by atoms with Gasteiger partial charge in [-0.3, -0.25) is 0 Å². The zero-order chi connectivity index (χ0) is 11.4. The molecule has 0 spiro atoms. The Morgan fingerprint density at radius 2 is 1.94 bits per heavy atom. The average Bonchev–Trinajstić information content (AvgIpc) is 2.31. The Hall–Kier alpha value is -2.41. The second-order valence-electron chi connectivity index (χ2n) is 3.39. The lowest BCUT2D eigenvalue weighted by Crippen LogP contribution is -1.93. The zero-order valence-corrected chi connectivity index (χ0v) is 8.81. The third-order valence-corrected chi connectivity index (χ3v) is 2.20. The number of nitrogens with one attached hydrogen (secondary N) is 1. The van der Waals surface area contributed by atoms with Crippen molar-refractivity contribution in [2.75, 3.05) is 5.32 Å². The number of hydrogen-bond donors (Lipinski definition) is 1. The van der Waals surface area contributed by atoms with Crippen LogP contribution in [0.15, 0.2) is 36.9 Å². The van der Waals surface area contributed by atoms with Gasteiger partial charge in [-0.15, -0.1) is 0 Å². The van der Waals surface area contributed by atoms with E-state index in [1.165, 1.54) is 6.33 Å². The minimum Gasteiger partial charge on any atom is -0.353 e. The van der Waals surface area contributed by atoms with Crippen LogP contribution in [-0.4, -0.2) is 9.97 Å². The lowest BCUT2D eigenvalue weighted by Gasteiger charge is -2.06. The van der Waals surface area contributed by atoms with E-state index >= 15 is 0 Å². The molecular weight excluding hydrogens is 200 g/mol. The van der Waals surface area contributed by atoms with Crippen LogP contribution in [-0.2, 0) is 0 Å². The number of benzene rings is 1. The third-order valence-electron chi connectivity index (χ3n) is 2.20. The van der Waals surface area contributed by atoms with Crippen LogP contribution in [0.2, 0.25) is 0 Å². The molecule has 0 saturated carbocycles. The first-order chi connectivity index (χ1) is 7.79. The number of nitriles is 1. The van der Waals surface area contributed by atoms with Crippen LogP contribution >= 0.6 is 0 Å². The van der Waals surface area contributed by atoms with E-state index in [0.29, 0.717) is 5.56 Å². The van der Waals surface area contributed by atoms with E-state index in [-0.39, 0.29) is 0 Å². The highest BCUT2D eigenvalue weighted by Crippen LogP contribution is 2.18. The van der Waals surface area contributed by atoms with E-state index in [1.807, 2.05) is 19.1 Å². The molecule has 0 radical (unpaired) electrons. The maximum absolute atomic E-state index is 8.81. The molecule has 4 nitrogen and oxygen atoms in total. The standard InChI is InChI=1S/C12H10N4/c1-9-4-11(3-2-10(9)5-13)16-12-6-14-8-15-7-12/h2-4,6-8,16H,1H3. The Morgan fingerprint density at radius 3 is 2.56 bits per heavy atom. The summed E-state index contributed by atoms with van der Waals surface area (Å²) in [4.78, 5) is 7.82. The van der Waals surface area contributed by atoms with Crippen LogP contribution in [0.4, 0.5) is 11.4 Å². The molecule has 78 valence electrons. The fourth-order valence-electron chi connectivity index (χ4n) is 1.40. The topological polar surface area (TPSA) is 61.6 Å². The van der Waals surface area contributed by atoms with Gasteiger partial charge in [-0.2, -0.15) is 5.26 Å². The first-order valence-electron chi connectivity index (χ1n) is 4.82. The number of rotatable bonds is 2. The molecule has 1 N–H and O–H groups in total. The van der Waals surface area contributed by atoms with E-state index < -0.39 is 0 Å². The van der Waals surface area contributed by atoms with Crippen LogP contribution in [0, 0.1) is 18.3 Å². The molecule has 0 bridgehead atoms. The number of anilines is 2. The van der Waals surface area contributed by atoms with Crippen LogP contribution in [0.3, 0.4) is 0 Å². The van der Waals surface area contributed by atoms with Crippen molar-refractivity contribution >= 4 is 11.4 Å². The van der Waals surface area contributed by atoms with Crippen molar-refractivity contribution in [3.63, 3.8) is 0 Å². The van der Waals surface area contributed by atoms with Gasteiger partial charge in [-0.25, -0.2) is 9.97 Å². The number of aromatic nitrogens is 2. The molecule has 0 aliphatic carbocycles. The average molecular weight is 210 g/mol. The van der Waals surface area contributed by atoms with E-state index in [0.717, 1.165) is 16.9 Å². The highest BCUT2D eigenvalue weighted by Gasteiger charge is 1.99. The molecule has 2 rings (SSSR count). The van der Waals surface area contributed by atoms with Crippen LogP contribution < -0.4 is 5.32 Å². The second kappa shape index (κ2) is 4.41. The van der Waals surface area contributed by atoms with Gasteiger partial charge in [0.15, 0.2) is 0 Å². The summed E-state index contributed by atoms with van der Waals surface area (Å²) < 4.78 is 0. The first kappa shape index (κ1) is 10.1. The summed E-state index contributed by atoms with van der Waals surface area (Å²) in [5.41, 5.74) is 3.39. The Morgan fingerprint density at radius 1 is 1.19 bits per heavy atom. The molecule has 0 amide bonds. The van der Waals surface area contributed by atoms with Crippen LogP contribution in [0.1, 0.15) is 11.1 Å². The Labute approximate surface area is 93.6 Å². The lowest BCUT2D eigenvalue weighted by molar-refractivity contribution is 1.17. The first-order valence-corrected chi connectivity index (χ1v) is 4.82. The van der Waals surface area contributed by atoms with Crippen LogP contribution in [0.5, 0.6) is 0 Å². The molecular formula is C12H10N4. The van der Waals surface area contributed by atoms with Crippen molar-refractivity contribution in [3.05, 3.63) is 48.0 Å². The maximum Gasteiger partial charge on any atom is 0.115 e. The van der Waals surface area contributed by atoms with E-state index in [4.69, 9.17) is 5.26 Å². The van der Waals surface area contributed by atoms with Gasteiger partial charge in [-0.05, 0) is 30.7 Å². The van der Waals surface area contributed by atoms with Gasteiger partial charge in [0.2, 0.25) is 0 Å². The Kier molecular flexibility index (Phi) is 2.79. The highest BCUT2D eigenvalue weighted by molar-refractivity contribution is 5.60. The van der Waals surface area contributed by atoms with Gasteiger partial charge in [-0.1, -0.05) is 0 Å². The summed E-state index contributed by atoms with van der Waals surface area (Å²) in [6.07, 6.45) is 4.87. The monoisotopic (exact) mass is 210 g/mol. The smallest absolute Gasteiger partial charge is 0.115 e. The highest BCUT2D eigenvalue weighted by atomic mass is 14.9. The number of nitrogens with zero attached hydrogens (tertiary/aromatic N) is 3. The van der Waals surface area contributed by atoms with Crippen molar-refractivity contribution in [2.45, 2.75) is 6.92 Å². The van der Waals surface area contributed by atoms with E-state index in [2.05, 4.69) is 21.4 Å². The fraction of sp³-hybridized carbons (Fsp3) is 0.0833. The maximum atomic E-state index is 8.81. The van der Waals surface area contributed by atoms with Crippen LogP contribution in [0.25, 0.3) is 0 Å². The minimum atomic E-state index is 0.690. The molecule has 0 unspecified atom stereocenters. The Bertz CT molecular complexity index is 528. The lowest BCUT2D eigenvalue weighted by atomic mass is 10.1. The third kappa shape index (κ3) is 2.15. The molecule has 0 fully saturated rings. The summed E-state index contributed by atoms with van der Waals surface area (Å²) in [7, 11) is 0. The quantitative estimate of drug-likeness (QED) is 0.826. The molecule has 1 aromatic heterocycles. The molecule has 16 heavy (non-hydrogen) atoms. The molecule has 0 aliphatic heterocycles. The summed E-state index contributed by atoms with van der Waals surface area (Å²) in [5.74, 6) is 0. The largest absolute Gasteiger partial charge is 0.353 e. The van der Waals surface area contributed by atoms with Gasteiger partial charge >= 0.3 is 0 Å². The van der Waals surface area contributed by atoms with Crippen molar-refractivity contribution in [3.8, 4) is 6.07 Å². The minimum absolute atomic E-state index is 0.690. The SMILES string of the molecule is Cc1cc(Nc2cncnc2)ccc1C#N. The van der Waals surface area contributed by atoms with Gasteiger partial charge in [0.05, 0.1) is 29.7 Å². The van der Waals surface area contributed by atoms with Gasteiger partial charge in [0, 0.05) is 5.69 Å². The van der Waals surface area contributed by atoms with Crippen molar-refractivity contribution in [1.29, 1.82) is 5.26 Å². The predicted octanol–water partition coefficient (Wildman–Crippen LogP) is 2.40.